The number of aliphatic imine (C=N–C) groups is 1. The molecule has 0 spiro atoms. The number of guanidine groups is 1. The molecule has 2 rings (SSSR count). The van der Waals surface area contributed by atoms with Crippen molar-refractivity contribution in [2.24, 2.45) is 12.0 Å². The quantitative estimate of drug-likeness (QED) is 0.649. The van der Waals surface area contributed by atoms with E-state index < -0.39 is 0 Å². The number of nitrogens with one attached hydrogen (secondary N) is 1. The summed E-state index contributed by atoms with van der Waals surface area (Å²) in [5.41, 5.74) is 5.12. The lowest BCUT2D eigenvalue weighted by molar-refractivity contribution is 0.474. The van der Waals surface area contributed by atoms with E-state index in [4.69, 9.17) is 0 Å². The van der Waals surface area contributed by atoms with Crippen molar-refractivity contribution >= 4 is 5.96 Å². The van der Waals surface area contributed by atoms with Gasteiger partial charge in [-0.05, 0) is 30.4 Å². The average molecular weight is 342 g/mol. The monoisotopic (exact) mass is 341 g/mol. The van der Waals surface area contributed by atoms with E-state index in [9.17, 15) is 0 Å². The Hall–Kier alpha value is -2.30. The van der Waals surface area contributed by atoms with Gasteiger partial charge in [0.15, 0.2) is 5.96 Å². The molecule has 2 aromatic rings. The topological polar surface area (TPSA) is 45.5 Å². The molecule has 5 nitrogen and oxygen atoms in total. The summed E-state index contributed by atoms with van der Waals surface area (Å²) in [5, 5.41) is 8.06. The number of aryl methyl sites for hydroxylation is 2. The lowest BCUT2D eigenvalue weighted by Gasteiger charge is -2.22. The van der Waals surface area contributed by atoms with E-state index >= 15 is 0 Å². The van der Waals surface area contributed by atoms with Gasteiger partial charge in [0.2, 0.25) is 0 Å². The average Bonchev–Trinajstić information content (AvgIpc) is 2.93. The van der Waals surface area contributed by atoms with E-state index in [0.717, 1.165) is 31.2 Å². The van der Waals surface area contributed by atoms with Crippen LogP contribution < -0.4 is 5.32 Å². The smallest absolute Gasteiger partial charge is 0.193 e. The van der Waals surface area contributed by atoms with Crippen LogP contribution in [0.5, 0.6) is 0 Å². The molecular weight excluding hydrogens is 310 g/mol. The number of benzene rings is 1. The summed E-state index contributed by atoms with van der Waals surface area (Å²) < 4.78 is 1.90. The number of aromatic nitrogens is 2. The van der Waals surface area contributed by atoms with E-state index in [2.05, 4.69) is 78.6 Å². The third-order valence-corrected chi connectivity index (χ3v) is 4.40. The fourth-order valence-corrected chi connectivity index (χ4v) is 3.08. The van der Waals surface area contributed by atoms with Gasteiger partial charge in [-0.1, -0.05) is 38.1 Å². The molecular formula is C20H31N5. The van der Waals surface area contributed by atoms with Crippen LogP contribution in [-0.2, 0) is 20.0 Å². The third-order valence-electron chi connectivity index (χ3n) is 4.40. The van der Waals surface area contributed by atoms with E-state index in [0.29, 0.717) is 5.92 Å². The summed E-state index contributed by atoms with van der Waals surface area (Å²) in [6.07, 6.45) is 3.09. The zero-order valence-electron chi connectivity index (χ0n) is 16.4. The zero-order valence-corrected chi connectivity index (χ0v) is 16.4. The van der Waals surface area contributed by atoms with Crippen molar-refractivity contribution < 1.29 is 0 Å². The molecule has 0 aliphatic carbocycles. The van der Waals surface area contributed by atoms with Crippen LogP contribution in [0, 0.1) is 6.92 Å². The molecule has 1 aromatic carbocycles. The Balaban J connectivity index is 1.95. The summed E-state index contributed by atoms with van der Waals surface area (Å²) in [5.74, 6) is 1.33. The van der Waals surface area contributed by atoms with Crippen LogP contribution in [0.25, 0.3) is 0 Å². The highest BCUT2D eigenvalue weighted by atomic mass is 15.3. The summed E-state index contributed by atoms with van der Waals surface area (Å²) >= 11 is 0. The zero-order chi connectivity index (χ0) is 18.4. The van der Waals surface area contributed by atoms with E-state index in [-0.39, 0.29) is 0 Å². The number of nitrogens with zero attached hydrogens (tertiary/aromatic N) is 4. The molecule has 5 heteroatoms. The van der Waals surface area contributed by atoms with E-state index in [1.165, 1.54) is 16.7 Å². The molecule has 0 aliphatic rings. The van der Waals surface area contributed by atoms with Crippen LogP contribution in [0.4, 0.5) is 0 Å². The SMILES string of the molecule is CN=C(NCCc1ccccc1C)N(C)Cc1cn(C)nc1C(C)C. The van der Waals surface area contributed by atoms with Gasteiger partial charge in [-0.2, -0.15) is 5.10 Å². The maximum Gasteiger partial charge on any atom is 0.193 e. The van der Waals surface area contributed by atoms with Crippen molar-refractivity contribution in [1.29, 1.82) is 0 Å². The highest BCUT2D eigenvalue weighted by Crippen LogP contribution is 2.18. The minimum absolute atomic E-state index is 0.417. The molecule has 0 fully saturated rings. The second-order valence-corrected chi connectivity index (χ2v) is 6.87. The van der Waals surface area contributed by atoms with Crippen LogP contribution in [0.3, 0.4) is 0 Å². The summed E-state index contributed by atoms with van der Waals surface area (Å²) in [6, 6.07) is 8.53. The van der Waals surface area contributed by atoms with Crippen LogP contribution in [0.1, 0.15) is 42.1 Å². The molecule has 0 saturated heterocycles. The van der Waals surface area contributed by atoms with Gasteiger partial charge in [0.05, 0.1) is 5.69 Å². The predicted octanol–water partition coefficient (Wildman–Crippen LogP) is 3.10. The lowest BCUT2D eigenvalue weighted by atomic mass is 10.1. The molecule has 0 unspecified atom stereocenters. The lowest BCUT2D eigenvalue weighted by Crippen LogP contribution is -2.39. The van der Waals surface area contributed by atoms with Gasteiger partial charge < -0.3 is 10.2 Å². The largest absolute Gasteiger partial charge is 0.356 e. The molecule has 0 aliphatic heterocycles. The summed E-state index contributed by atoms with van der Waals surface area (Å²) in [4.78, 5) is 6.58. The first kappa shape index (κ1) is 19.0. The van der Waals surface area contributed by atoms with Crippen molar-refractivity contribution in [3.05, 3.63) is 52.8 Å². The van der Waals surface area contributed by atoms with Crippen molar-refractivity contribution in [1.82, 2.24) is 20.0 Å². The Morgan fingerprint density at radius 1 is 1.28 bits per heavy atom. The molecule has 0 atom stereocenters. The molecule has 136 valence electrons. The summed E-state index contributed by atoms with van der Waals surface area (Å²) in [7, 11) is 5.88. The van der Waals surface area contributed by atoms with Gasteiger partial charge >= 0.3 is 0 Å². The van der Waals surface area contributed by atoms with Crippen molar-refractivity contribution in [3.8, 4) is 0 Å². The highest BCUT2D eigenvalue weighted by Gasteiger charge is 2.15. The second-order valence-electron chi connectivity index (χ2n) is 6.87. The molecule has 25 heavy (non-hydrogen) atoms. The minimum atomic E-state index is 0.417. The maximum absolute atomic E-state index is 4.59. The number of rotatable bonds is 6. The Morgan fingerprint density at radius 2 is 2.00 bits per heavy atom. The first-order valence-corrected chi connectivity index (χ1v) is 8.91. The van der Waals surface area contributed by atoms with Crippen LogP contribution >= 0.6 is 0 Å². The van der Waals surface area contributed by atoms with E-state index in [1.807, 2.05) is 18.8 Å². The first-order chi connectivity index (χ1) is 11.9. The van der Waals surface area contributed by atoms with Gasteiger partial charge in [0.1, 0.15) is 0 Å². The number of hydrogen-bond donors (Lipinski definition) is 1. The van der Waals surface area contributed by atoms with Crippen molar-refractivity contribution in [2.75, 3.05) is 20.6 Å². The van der Waals surface area contributed by atoms with Gasteiger partial charge in [-0.25, -0.2) is 0 Å². The summed E-state index contributed by atoms with van der Waals surface area (Å²) in [6.45, 7) is 8.19. The van der Waals surface area contributed by atoms with Crippen molar-refractivity contribution in [2.45, 2.75) is 39.7 Å². The van der Waals surface area contributed by atoms with E-state index in [1.54, 1.807) is 0 Å². The van der Waals surface area contributed by atoms with Gasteiger partial charge in [-0.3, -0.25) is 9.67 Å². The molecule has 0 radical (unpaired) electrons. The molecule has 0 bridgehead atoms. The first-order valence-electron chi connectivity index (χ1n) is 8.91. The number of hydrogen-bond acceptors (Lipinski definition) is 2. The van der Waals surface area contributed by atoms with Gasteiger partial charge in [-0.15, -0.1) is 0 Å². The Kier molecular flexibility index (Phi) is 6.62. The van der Waals surface area contributed by atoms with Crippen LogP contribution in [-0.4, -0.2) is 41.3 Å². The van der Waals surface area contributed by atoms with Gasteiger partial charge in [0, 0.05) is 46.0 Å². The fourth-order valence-electron chi connectivity index (χ4n) is 3.08. The van der Waals surface area contributed by atoms with Crippen LogP contribution in [0.15, 0.2) is 35.5 Å². The molecule has 0 amide bonds. The molecule has 1 N–H and O–H groups in total. The maximum atomic E-state index is 4.59. The molecule has 1 heterocycles. The third kappa shape index (κ3) is 5.08. The minimum Gasteiger partial charge on any atom is -0.356 e. The van der Waals surface area contributed by atoms with Crippen molar-refractivity contribution in [3.63, 3.8) is 0 Å². The Bertz CT molecular complexity index is 715. The molecule has 0 saturated carbocycles. The molecule has 1 aromatic heterocycles. The van der Waals surface area contributed by atoms with Gasteiger partial charge in [0.25, 0.3) is 0 Å². The normalized spacial score (nSPS) is 11.9. The Morgan fingerprint density at radius 3 is 2.64 bits per heavy atom. The fraction of sp³-hybridized carbons (Fsp3) is 0.500. The van der Waals surface area contributed by atoms with Crippen LogP contribution in [0.2, 0.25) is 0 Å². The second kappa shape index (κ2) is 8.70. The highest BCUT2D eigenvalue weighted by molar-refractivity contribution is 5.79. The predicted molar refractivity (Wildman–Crippen MR) is 105 cm³/mol. The standard InChI is InChI=1S/C20H31N5/c1-15(2)19-18(14-25(6)23-19)13-24(5)20(21-4)22-12-11-17-10-8-7-9-16(17)3/h7-10,14-15H,11-13H2,1-6H3,(H,21,22). The Labute approximate surface area is 151 Å².